The van der Waals surface area contributed by atoms with Crippen molar-refractivity contribution >= 4 is 69.8 Å². The molecule has 0 amide bonds. The van der Waals surface area contributed by atoms with Gasteiger partial charge in [-0.1, -0.05) is 69.8 Å². The summed E-state index contributed by atoms with van der Waals surface area (Å²) >= 11 is 27.1. The van der Waals surface area contributed by atoms with Gasteiger partial charge in [0, 0.05) is 0 Å². The molecule has 0 radical (unpaired) electrons. The zero-order valence-corrected chi connectivity index (χ0v) is 7.97. The average Bonchev–Trinajstić information content (AvgIpc) is 1.21. The molecule has 0 nitrogen and oxygen atoms in total. The maximum Gasteiger partial charge on any atom is 0.239 e. The van der Waals surface area contributed by atoms with Crippen LogP contribution in [0.2, 0.25) is 0 Å². The first-order valence-corrected chi connectivity index (χ1v) is 4.33. The first-order chi connectivity index (χ1) is 3.42. The Morgan fingerprint density at radius 2 is 1.50 bits per heavy atom. The second-order valence-electron chi connectivity index (χ2n) is 0.824. The molecule has 8 heavy (non-hydrogen) atoms. The molecule has 0 unspecified atom stereocenters. The third-order valence-corrected chi connectivity index (χ3v) is 2.00. The van der Waals surface area contributed by atoms with Crippen molar-refractivity contribution in [1.29, 1.82) is 0 Å². The molecular formula is C2HCl5S. The van der Waals surface area contributed by atoms with Gasteiger partial charge in [-0.25, -0.2) is 0 Å². The summed E-state index contributed by atoms with van der Waals surface area (Å²) in [6.45, 7) is 0. The summed E-state index contributed by atoms with van der Waals surface area (Å²) in [4.78, 5) is 0. The maximum absolute atomic E-state index is 5.25. The SMILES string of the molecule is ClC(Cl)SC(Cl)(Cl)Cl. The van der Waals surface area contributed by atoms with Crippen LogP contribution in [0.15, 0.2) is 0 Å². The van der Waals surface area contributed by atoms with Crippen LogP contribution in [0.4, 0.5) is 0 Å². The van der Waals surface area contributed by atoms with E-state index in [1.165, 1.54) is 0 Å². The van der Waals surface area contributed by atoms with Gasteiger partial charge in [-0.05, 0) is 0 Å². The van der Waals surface area contributed by atoms with E-state index in [1.54, 1.807) is 0 Å². The molecule has 50 valence electrons. The van der Waals surface area contributed by atoms with Gasteiger partial charge in [0.25, 0.3) is 0 Å². The molecule has 0 saturated carbocycles. The average molecular weight is 234 g/mol. The van der Waals surface area contributed by atoms with Gasteiger partial charge in [0.2, 0.25) is 3.12 Å². The molecule has 0 aliphatic heterocycles. The lowest BCUT2D eigenvalue weighted by atomic mass is 11.8. The van der Waals surface area contributed by atoms with E-state index in [2.05, 4.69) is 0 Å². The monoisotopic (exact) mass is 232 g/mol. The third-order valence-electron chi connectivity index (χ3n) is 0.223. The van der Waals surface area contributed by atoms with E-state index >= 15 is 0 Å². The molecule has 0 bridgehead atoms. The quantitative estimate of drug-likeness (QED) is 0.622. The van der Waals surface area contributed by atoms with Gasteiger partial charge in [0.05, 0.1) is 0 Å². The maximum atomic E-state index is 5.25. The molecule has 6 heteroatoms. The normalized spacial score (nSPS) is 12.8. The van der Waals surface area contributed by atoms with Crippen molar-refractivity contribution in [2.24, 2.45) is 0 Å². The van der Waals surface area contributed by atoms with Gasteiger partial charge in [-0.2, -0.15) is 0 Å². The minimum Gasteiger partial charge on any atom is -0.0930 e. The Bertz CT molecular complexity index is 65.3. The van der Waals surface area contributed by atoms with E-state index < -0.39 is 7.29 Å². The van der Waals surface area contributed by atoms with Crippen LogP contribution in [0.5, 0.6) is 0 Å². The fourth-order valence-corrected chi connectivity index (χ4v) is 2.73. The Balaban J connectivity index is 3.39. The van der Waals surface area contributed by atoms with Crippen LogP contribution in [-0.2, 0) is 0 Å². The highest BCUT2D eigenvalue weighted by molar-refractivity contribution is 8.07. The zero-order chi connectivity index (χ0) is 6.78. The zero-order valence-electron chi connectivity index (χ0n) is 3.38. The number of halogens is 5. The highest BCUT2D eigenvalue weighted by atomic mass is 35.6. The molecular weight excluding hydrogens is 233 g/mol. The number of rotatable bonds is 1. The van der Waals surface area contributed by atoms with Gasteiger partial charge in [0.1, 0.15) is 0 Å². The summed E-state index contributed by atoms with van der Waals surface area (Å²) in [7, 11) is 0. The van der Waals surface area contributed by atoms with E-state index in [0.29, 0.717) is 0 Å². The lowest BCUT2D eigenvalue weighted by Gasteiger charge is -2.08. The van der Waals surface area contributed by atoms with Crippen LogP contribution in [0, 0.1) is 0 Å². The molecule has 0 aliphatic carbocycles. The molecule has 0 N–H and O–H groups in total. The van der Waals surface area contributed by atoms with Crippen LogP contribution in [0.3, 0.4) is 0 Å². The van der Waals surface area contributed by atoms with Crippen molar-refractivity contribution in [3.05, 3.63) is 0 Å². The fourth-order valence-electron chi connectivity index (χ4n) is 0.101. The van der Waals surface area contributed by atoms with Crippen LogP contribution in [-0.4, -0.2) is 7.29 Å². The summed E-state index contributed by atoms with van der Waals surface area (Å²) in [5.41, 5.74) is 0. The lowest BCUT2D eigenvalue weighted by molar-refractivity contribution is 1.74. The molecule has 0 fully saturated rings. The van der Waals surface area contributed by atoms with Crippen molar-refractivity contribution in [2.45, 2.75) is 7.29 Å². The Labute approximate surface area is 76.7 Å². The van der Waals surface area contributed by atoms with Gasteiger partial charge < -0.3 is 0 Å². The predicted molar refractivity (Wildman–Crippen MR) is 43.4 cm³/mol. The van der Waals surface area contributed by atoms with Gasteiger partial charge in [-0.15, -0.1) is 0 Å². The largest absolute Gasteiger partial charge is 0.239 e. The van der Waals surface area contributed by atoms with Crippen molar-refractivity contribution in [2.75, 3.05) is 0 Å². The number of alkyl halides is 5. The third kappa shape index (κ3) is 7.80. The van der Waals surface area contributed by atoms with Gasteiger partial charge in [-0.3, -0.25) is 0 Å². The van der Waals surface area contributed by atoms with Crippen molar-refractivity contribution < 1.29 is 0 Å². The Morgan fingerprint density at radius 3 is 1.50 bits per heavy atom. The summed E-state index contributed by atoms with van der Waals surface area (Å²) in [6.07, 6.45) is 0. The minimum absolute atomic E-state index is 0.692. The van der Waals surface area contributed by atoms with Crippen LogP contribution < -0.4 is 0 Å². The molecule has 0 aliphatic rings. The molecule has 0 aromatic carbocycles. The van der Waals surface area contributed by atoms with Crippen molar-refractivity contribution in [1.82, 2.24) is 0 Å². The van der Waals surface area contributed by atoms with E-state index in [-0.39, 0.29) is 0 Å². The molecule has 0 saturated heterocycles. The highest BCUT2D eigenvalue weighted by Gasteiger charge is 2.23. The van der Waals surface area contributed by atoms with Gasteiger partial charge in [0.15, 0.2) is 4.17 Å². The number of thioether (sulfide) groups is 1. The standard InChI is InChI=1S/C2HCl5S/c3-1(4)8-2(5,6)7/h1H. The minimum atomic E-state index is -1.41. The molecule has 0 atom stereocenters. The topological polar surface area (TPSA) is 0 Å². The summed E-state index contributed by atoms with van der Waals surface area (Å²) in [6, 6.07) is 0. The first-order valence-electron chi connectivity index (χ1n) is 1.44. The molecule has 0 heterocycles. The van der Waals surface area contributed by atoms with Crippen LogP contribution in [0.1, 0.15) is 0 Å². The summed E-state index contributed by atoms with van der Waals surface area (Å²) in [5.74, 6) is 0. The highest BCUT2D eigenvalue weighted by Crippen LogP contribution is 2.43. The van der Waals surface area contributed by atoms with E-state index in [4.69, 9.17) is 58.0 Å². The fraction of sp³-hybridized carbons (Fsp3) is 1.00. The van der Waals surface area contributed by atoms with Crippen molar-refractivity contribution in [3.63, 3.8) is 0 Å². The predicted octanol–water partition coefficient (Wildman–Crippen LogP) is 3.81. The first kappa shape index (κ1) is 9.80. The lowest BCUT2D eigenvalue weighted by Crippen LogP contribution is -1.96. The molecule has 0 spiro atoms. The molecule has 0 aromatic heterocycles. The number of hydrogen-bond donors (Lipinski definition) is 0. The Morgan fingerprint density at radius 1 is 1.12 bits per heavy atom. The Hall–Kier alpha value is 1.80. The second kappa shape index (κ2) is 3.85. The van der Waals surface area contributed by atoms with Crippen LogP contribution in [0.25, 0.3) is 0 Å². The van der Waals surface area contributed by atoms with Crippen LogP contribution >= 0.6 is 69.8 Å². The van der Waals surface area contributed by atoms with E-state index in [0.717, 1.165) is 11.8 Å². The number of hydrogen-bond acceptors (Lipinski definition) is 1. The van der Waals surface area contributed by atoms with Crippen molar-refractivity contribution in [3.8, 4) is 0 Å². The molecule has 0 aromatic rings. The van der Waals surface area contributed by atoms with E-state index in [9.17, 15) is 0 Å². The van der Waals surface area contributed by atoms with E-state index in [1.807, 2.05) is 0 Å². The second-order valence-corrected chi connectivity index (χ2v) is 6.71. The smallest absolute Gasteiger partial charge is 0.0930 e. The summed E-state index contributed by atoms with van der Waals surface area (Å²) in [5, 5.41) is 0. The molecule has 0 rings (SSSR count). The summed E-state index contributed by atoms with van der Waals surface area (Å²) < 4.78 is -2.10. The van der Waals surface area contributed by atoms with Gasteiger partial charge >= 0.3 is 0 Å². The Kier molecular flexibility index (Phi) is 4.71.